The molecule has 1 aliphatic rings. The van der Waals surface area contributed by atoms with Gasteiger partial charge in [0.1, 0.15) is 17.7 Å². The molecule has 1 aromatic heterocycles. The molecule has 0 bridgehead atoms. The molecule has 0 unspecified atom stereocenters. The van der Waals surface area contributed by atoms with E-state index in [1.165, 1.54) is 0 Å². The van der Waals surface area contributed by atoms with Gasteiger partial charge in [0.15, 0.2) is 0 Å². The van der Waals surface area contributed by atoms with Gasteiger partial charge in [-0.1, -0.05) is 18.2 Å². The van der Waals surface area contributed by atoms with Crippen LogP contribution in [0.2, 0.25) is 0 Å². The van der Waals surface area contributed by atoms with Crippen LogP contribution in [0.1, 0.15) is 5.56 Å². The zero-order chi connectivity index (χ0) is 15.4. The van der Waals surface area contributed by atoms with Crippen molar-refractivity contribution in [3.05, 3.63) is 54.2 Å². The van der Waals surface area contributed by atoms with Crippen molar-refractivity contribution in [2.75, 3.05) is 18.4 Å². The molecule has 0 saturated carbocycles. The number of hydrogen-bond donors (Lipinski definition) is 1. The van der Waals surface area contributed by atoms with Crippen LogP contribution >= 0.6 is 0 Å². The number of likely N-dealkylation sites (tertiary alicyclic amines) is 1. The molecule has 2 aromatic rings. The summed E-state index contributed by atoms with van der Waals surface area (Å²) in [7, 11) is 0. The van der Waals surface area contributed by atoms with Crippen LogP contribution in [0.25, 0.3) is 0 Å². The summed E-state index contributed by atoms with van der Waals surface area (Å²) in [5.74, 6) is 0.318. The zero-order valence-electron chi connectivity index (χ0n) is 11.8. The Morgan fingerprint density at radius 2 is 2.05 bits per heavy atom. The van der Waals surface area contributed by atoms with Gasteiger partial charge in [-0.15, -0.1) is 0 Å². The zero-order valence-corrected chi connectivity index (χ0v) is 11.8. The molecule has 0 spiro atoms. The highest BCUT2D eigenvalue weighted by Crippen LogP contribution is 2.20. The number of urea groups is 1. The maximum atomic E-state index is 12.0. The molecular formula is C16H14N4O2. The molecule has 6 nitrogen and oxygen atoms in total. The van der Waals surface area contributed by atoms with Crippen molar-refractivity contribution in [3.63, 3.8) is 0 Å². The van der Waals surface area contributed by atoms with Crippen LogP contribution in [0.4, 0.5) is 10.5 Å². The number of ether oxygens (including phenoxy) is 1. The van der Waals surface area contributed by atoms with Gasteiger partial charge in [-0.3, -0.25) is 0 Å². The maximum absolute atomic E-state index is 12.0. The van der Waals surface area contributed by atoms with Gasteiger partial charge in [-0.25, -0.2) is 9.78 Å². The van der Waals surface area contributed by atoms with E-state index >= 15 is 0 Å². The lowest BCUT2D eigenvalue weighted by Crippen LogP contribution is -2.57. The van der Waals surface area contributed by atoms with Gasteiger partial charge in [0.25, 0.3) is 0 Å². The largest absolute Gasteiger partial charge is 0.470 e. The molecule has 1 aliphatic heterocycles. The second-order valence-electron chi connectivity index (χ2n) is 4.91. The first kappa shape index (κ1) is 13.9. The molecule has 110 valence electrons. The van der Waals surface area contributed by atoms with E-state index in [0.717, 1.165) is 5.69 Å². The Hall–Kier alpha value is -3.07. The van der Waals surface area contributed by atoms with Gasteiger partial charge in [0.05, 0.1) is 13.1 Å². The summed E-state index contributed by atoms with van der Waals surface area (Å²) in [6.07, 6.45) is 1.44. The number of carbonyl (C=O) groups excluding carboxylic acids is 1. The van der Waals surface area contributed by atoms with E-state index in [1.807, 2.05) is 36.4 Å². The van der Waals surface area contributed by atoms with Crippen LogP contribution in [0, 0.1) is 11.3 Å². The second kappa shape index (κ2) is 6.14. The van der Waals surface area contributed by atoms with E-state index in [-0.39, 0.29) is 12.1 Å². The fourth-order valence-corrected chi connectivity index (χ4v) is 2.13. The van der Waals surface area contributed by atoms with Crippen molar-refractivity contribution in [1.29, 1.82) is 5.26 Å². The van der Waals surface area contributed by atoms with Crippen LogP contribution in [0.5, 0.6) is 5.88 Å². The summed E-state index contributed by atoms with van der Waals surface area (Å²) in [6.45, 7) is 0.945. The Bertz CT molecular complexity index is 706. The summed E-state index contributed by atoms with van der Waals surface area (Å²) in [6, 6.07) is 14.5. The van der Waals surface area contributed by atoms with Crippen LogP contribution in [-0.4, -0.2) is 35.1 Å². The number of nitrogens with one attached hydrogen (secondary N) is 1. The smallest absolute Gasteiger partial charge is 0.322 e. The van der Waals surface area contributed by atoms with E-state index in [1.54, 1.807) is 23.2 Å². The number of benzene rings is 1. The Morgan fingerprint density at radius 3 is 2.77 bits per heavy atom. The number of carbonyl (C=O) groups is 1. The summed E-state index contributed by atoms with van der Waals surface area (Å²) < 4.78 is 5.65. The Balaban J connectivity index is 1.52. The molecule has 2 amide bonds. The molecule has 3 rings (SSSR count). The molecule has 1 saturated heterocycles. The van der Waals surface area contributed by atoms with E-state index in [0.29, 0.717) is 24.5 Å². The minimum absolute atomic E-state index is 0.136. The molecule has 0 aliphatic carbocycles. The average molecular weight is 294 g/mol. The number of rotatable bonds is 3. The van der Waals surface area contributed by atoms with Crippen molar-refractivity contribution in [3.8, 4) is 11.9 Å². The van der Waals surface area contributed by atoms with Gasteiger partial charge >= 0.3 is 6.03 Å². The lowest BCUT2D eigenvalue weighted by atomic mass is 10.2. The predicted molar refractivity (Wildman–Crippen MR) is 80.4 cm³/mol. The molecule has 22 heavy (non-hydrogen) atoms. The lowest BCUT2D eigenvalue weighted by molar-refractivity contribution is 0.0459. The van der Waals surface area contributed by atoms with E-state index in [4.69, 9.17) is 10.00 Å². The first-order valence-electron chi connectivity index (χ1n) is 6.89. The standard InChI is InChI=1S/C16H14N4O2/c17-9-12-5-4-8-18-15(12)22-14-10-20(11-14)16(21)19-13-6-2-1-3-7-13/h1-8,14H,10-11H2,(H,19,21). The third-order valence-electron chi connectivity index (χ3n) is 3.33. The fourth-order valence-electron chi connectivity index (χ4n) is 2.13. The monoisotopic (exact) mass is 294 g/mol. The van der Waals surface area contributed by atoms with Crippen molar-refractivity contribution >= 4 is 11.7 Å². The third kappa shape index (κ3) is 2.99. The summed E-state index contributed by atoms with van der Waals surface area (Å²) in [4.78, 5) is 17.7. The minimum atomic E-state index is -0.160. The van der Waals surface area contributed by atoms with Crippen molar-refractivity contribution < 1.29 is 9.53 Å². The number of para-hydroxylation sites is 1. The van der Waals surface area contributed by atoms with Crippen molar-refractivity contribution in [2.24, 2.45) is 0 Å². The maximum Gasteiger partial charge on any atom is 0.322 e. The fraction of sp³-hybridized carbons (Fsp3) is 0.188. The SMILES string of the molecule is N#Cc1cccnc1OC1CN(C(=O)Nc2ccccc2)C1. The molecule has 0 atom stereocenters. The first-order chi connectivity index (χ1) is 10.8. The van der Waals surface area contributed by atoms with Gasteiger partial charge in [-0.2, -0.15) is 5.26 Å². The number of pyridine rings is 1. The molecule has 1 N–H and O–H groups in total. The number of aromatic nitrogens is 1. The molecule has 1 aromatic carbocycles. The normalized spacial score (nSPS) is 13.9. The highest BCUT2D eigenvalue weighted by atomic mass is 16.5. The number of amides is 2. The highest BCUT2D eigenvalue weighted by molar-refractivity contribution is 5.89. The third-order valence-corrected chi connectivity index (χ3v) is 3.33. The predicted octanol–water partition coefficient (Wildman–Crippen LogP) is 2.25. The quantitative estimate of drug-likeness (QED) is 0.941. The van der Waals surface area contributed by atoms with Gasteiger partial charge in [0, 0.05) is 11.9 Å². The lowest BCUT2D eigenvalue weighted by Gasteiger charge is -2.38. The van der Waals surface area contributed by atoms with Gasteiger partial charge in [-0.05, 0) is 24.3 Å². The molecule has 2 heterocycles. The van der Waals surface area contributed by atoms with Crippen molar-refractivity contribution in [1.82, 2.24) is 9.88 Å². The topological polar surface area (TPSA) is 78.2 Å². The first-order valence-corrected chi connectivity index (χ1v) is 6.89. The van der Waals surface area contributed by atoms with Crippen LogP contribution in [-0.2, 0) is 0 Å². The molecule has 6 heteroatoms. The van der Waals surface area contributed by atoms with Gasteiger partial charge < -0.3 is 15.0 Å². The Labute approximate surface area is 128 Å². The van der Waals surface area contributed by atoms with Crippen LogP contribution in [0.3, 0.4) is 0 Å². The van der Waals surface area contributed by atoms with E-state index in [2.05, 4.69) is 10.3 Å². The van der Waals surface area contributed by atoms with Crippen molar-refractivity contribution in [2.45, 2.75) is 6.10 Å². The summed E-state index contributed by atoms with van der Waals surface area (Å²) in [5, 5.41) is 11.8. The summed E-state index contributed by atoms with van der Waals surface area (Å²) in [5.41, 5.74) is 1.16. The van der Waals surface area contributed by atoms with Crippen LogP contribution < -0.4 is 10.1 Å². The van der Waals surface area contributed by atoms with Gasteiger partial charge in [0.2, 0.25) is 5.88 Å². The molecular weight excluding hydrogens is 280 g/mol. The number of nitrogens with zero attached hydrogens (tertiary/aromatic N) is 3. The Morgan fingerprint density at radius 1 is 1.27 bits per heavy atom. The second-order valence-corrected chi connectivity index (χ2v) is 4.91. The summed E-state index contributed by atoms with van der Waals surface area (Å²) >= 11 is 0. The highest BCUT2D eigenvalue weighted by Gasteiger charge is 2.33. The number of hydrogen-bond acceptors (Lipinski definition) is 4. The van der Waals surface area contributed by atoms with E-state index in [9.17, 15) is 4.79 Å². The van der Waals surface area contributed by atoms with Crippen LogP contribution in [0.15, 0.2) is 48.7 Å². The molecule has 0 radical (unpaired) electrons. The number of anilines is 1. The minimum Gasteiger partial charge on any atom is -0.470 e. The van der Waals surface area contributed by atoms with E-state index < -0.39 is 0 Å². The Kier molecular flexibility index (Phi) is 3.88. The number of nitriles is 1. The average Bonchev–Trinajstić information content (AvgIpc) is 2.51. The molecule has 1 fully saturated rings.